The summed E-state index contributed by atoms with van der Waals surface area (Å²) in [6, 6.07) is 0. The van der Waals surface area contributed by atoms with Gasteiger partial charge in [-0.3, -0.25) is 0 Å². The summed E-state index contributed by atoms with van der Waals surface area (Å²) >= 11 is 13.5. The maximum absolute atomic E-state index is 3.45. The Bertz CT molecular complexity index is 117. The highest BCUT2D eigenvalue weighted by molar-refractivity contribution is 9.31. The van der Waals surface area contributed by atoms with Gasteiger partial charge in [0.25, 0.3) is 0 Å². The van der Waals surface area contributed by atoms with Crippen LogP contribution in [0.15, 0.2) is 12.2 Å². The molecule has 0 nitrogen and oxygen atoms in total. The zero-order valence-electron chi connectivity index (χ0n) is 5.37. The van der Waals surface area contributed by atoms with Gasteiger partial charge in [0, 0.05) is 0 Å². The molecule has 1 radical (unpaired) electrons. The second kappa shape index (κ2) is 5.33. The van der Waals surface area contributed by atoms with E-state index in [1.165, 1.54) is 0 Å². The minimum absolute atomic E-state index is 0.254. The van der Waals surface area contributed by atoms with E-state index in [-0.39, 0.29) is 3.23 Å². The van der Waals surface area contributed by atoms with E-state index in [1.807, 2.05) is 6.08 Å². The van der Waals surface area contributed by atoms with Gasteiger partial charge < -0.3 is 0 Å². The maximum atomic E-state index is 3.45. The molecule has 0 unspecified atom stereocenters. The van der Waals surface area contributed by atoms with E-state index in [2.05, 4.69) is 76.7 Å². The topological polar surface area (TPSA) is 0 Å². The highest BCUT2D eigenvalue weighted by Crippen LogP contribution is 2.45. The predicted molar refractivity (Wildman–Crippen MR) is 61.1 cm³/mol. The van der Waals surface area contributed by atoms with Crippen LogP contribution in [0.2, 0.25) is 0 Å². The molecule has 10 heavy (non-hydrogen) atoms. The SMILES string of the molecule is CCC=CC(Br)(Br)[C](Br)Br. The van der Waals surface area contributed by atoms with Crippen LogP contribution >= 0.6 is 63.7 Å². The fourth-order valence-corrected chi connectivity index (χ4v) is 0.967. The molecule has 0 rings (SSSR count). The minimum Gasteiger partial charge on any atom is -0.0865 e. The van der Waals surface area contributed by atoms with Gasteiger partial charge in [-0.1, -0.05) is 82.8 Å². The molecule has 0 fully saturated rings. The predicted octanol–water partition coefficient (Wildman–Crippen LogP) is 4.72. The Labute approximate surface area is 95.3 Å². The van der Waals surface area contributed by atoms with E-state index in [0.717, 1.165) is 10.2 Å². The average molecular weight is 399 g/mol. The van der Waals surface area contributed by atoms with Crippen molar-refractivity contribution in [3.05, 3.63) is 15.9 Å². The van der Waals surface area contributed by atoms with E-state index < -0.39 is 0 Å². The molecule has 4 heteroatoms. The van der Waals surface area contributed by atoms with Crippen molar-refractivity contribution in [1.82, 2.24) is 0 Å². The number of alkyl halides is 2. The molecule has 0 saturated heterocycles. The van der Waals surface area contributed by atoms with Crippen molar-refractivity contribution in [2.45, 2.75) is 16.6 Å². The van der Waals surface area contributed by atoms with Crippen molar-refractivity contribution in [2.75, 3.05) is 0 Å². The van der Waals surface area contributed by atoms with Crippen molar-refractivity contribution in [3.8, 4) is 0 Å². The molecule has 59 valence electrons. The summed E-state index contributed by atoms with van der Waals surface area (Å²) in [5.74, 6) is 0. The zero-order chi connectivity index (χ0) is 8.20. The molecule has 0 aromatic rings. The first-order chi connectivity index (χ1) is 4.50. The van der Waals surface area contributed by atoms with Crippen molar-refractivity contribution in [1.29, 1.82) is 0 Å². The molecular formula is C6H7Br4. The monoisotopic (exact) mass is 395 g/mol. The molecule has 0 aliphatic rings. The first kappa shape index (κ1) is 11.7. The van der Waals surface area contributed by atoms with Gasteiger partial charge in [-0.2, -0.15) is 0 Å². The lowest BCUT2D eigenvalue weighted by Gasteiger charge is -2.15. The molecule has 0 aliphatic heterocycles. The van der Waals surface area contributed by atoms with Gasteiger partial charge in [0.15, 0.2) is 0 Å². The van der Waals surface area contributed by atoms with Crippen LogP contribution in [0.3, 0.4) is 0 Å². The summed E-state index contributed by atoms with van der Waals surface area (Å²) in [7, 11) is 0. The van der Waals surface area contributed by atoms with Gasteiger partial charge in [-0.05, 0) is 6.42 Å². The molecule has 0 spiro atoms. The van der Waals surface area contributed by atoms with Crippen molar-refractivity contribution < 1.29 is 0 Å². The number of hydrogen-bond acceptors (Lipinski definition) is 0. The lowest BCUT2D eigenvalue weighted by atomic mass is 10.3. The van der Waals surface area contributed by atoms with Gasteiger partial charge in [0.1, 0.15) is 6.97 Å². The third-order valence-electron chi connectivity index (χ3n) is 0.815. The van der Waals surface area contributed by atoms with E-state index in [1.54, 1.807) is 0 Å². The Morgan fingerprint density at radius 3 is 2.20 bits per heavy atom. The largest absolute Gasteiger partial charge is 0.136 e. The van der Waals surface area contributed by atoms with Crippen molar-refractivity contribution in [2.24, 2.45) is 0 Å². The summed E-state index contributed by atoms with van der Waals surface area (Å²) in [6.07, 6.45) is 5.13. The third kappa shape index (κ3) is 4.52. The summed E-state index contributed by atoms with van der Waals surface area (Å²) in [5, 5.41) is 0. The van der Waals surface area contributed by atoms with Crippen LogP contribution in [0.25, 0.3) is 0 Å². The van der Waals surface area contributed by atoms with Gasteiger partial charge in [-0.15, -0.1) is 0 Å². The molecule has 0 heterocycles. The highest BCUT2D eigenvalue weighted by Gasteiger charge is 2.27. The average Bonchev–Trinajstić information content (AvgIpc) is 1.84. The van der Waals surface area contributed by atoms with Crippen LogP contribution < -0.4 is 0 Å². The van der Waals surface area contributed by atoms with Crippen LogP contribution in [0.1, 0.15) is 13.3 Å². The van der Waals surface area contributed by atoms with Gasteiger partial charge in [0.05, 0.1) is 0 Å². The smallest absolute Gasteiger partial charge is 0.0865 e. The fraction of sp³-hybridized carbons (Fsp3) is 0.500. The second-order valence-electron chi connectivity index (χ2n) is 1.69. The van der Waals surface area contributed by atoms with Crippen LogP contribution in [0, 0.1) is 3.74 Å². The Morgan fingerprint density at radius 2 is 1.90 bits per heavy atom. The van der Waals surface area contributed by atoms with Crippen molar-refractivity contribution in [3.63, 3.8) is 0 Å². The zero-order valence-corrected chi connectivity index (χ0v) is 11.7. The maximum Gasteiger partial charge on any atom is 0.136 e. The Morgan fingerprint density at radius 1 is 1.40 bits per heavy atom. The van der Waals surface area contributed by atoms with Crippen LogP contribution in [-0.4, -0.2) is 3.23 Å². The summed E-state index contributed by atoms with van der Waals surface area (Å²) in [4.78, 5) is 0. The molecule has 0 bridgehead atoms. The van der Waals surface area contributed by atoms with E-state index in [4.69, 9.17) is 0 Å². The summed E-state index contributed by atoms with van der Waals surface area (Å²) in [5.41, 5.74) is 0. The Balaban J connectivity index is 3.98. The van der Waals surface area contributed by atoms with Gasteiger partial charge in [-0.25, -0.2) is 0 Å². The van der Waals surface area contributed by atoms with Gasteiger partial charge in [0.2, 0.25) is 0 Å². The lowest BCUT2D eigenvalue weighted by molar-refractivity contribution is 1.19. The molecule has 0 aliphatic carbocycles. The molecular weight excluding hydrogens is 392 g/mol. The minimum atomic E-state index is -0.254. The van der Waals surface area contributed by atoms with Crippen LogP contribution in [-0.2, 0) is 0 Å². The number of rotatable bonds is 3. The quantitative estimate of drug-likeness (QED) is 0.477. The molecule has 0 saturated carbocycles. The standard InChI is InChI=1S/C6H7Br4/c1-2-3-4-6(9,10)5(7)8/h3-4H,2H2,1H3. The van der Waals surface area contributed by atoms with Crippen molar-refractivity contribution >= 4 is 63.7 Å². The molecule has 0 amide bonds. The Hall–Kier alpha value is 1.66. The number of hydrogen-bond donors (Lipinski definition) is 0. The molecule has 0 atom stereocenters. The first-order valence-corrected chi connectivity index (χ1v) is 5.92. The summed E-state index contributed by atoms with van der Waals surface area (Å²) in [6.45, 7) is 2.09. The summed E-state index contributed by atoms with van der Waals surface area (Å²) < 4.78 is 0.674. The lowest BCUT2D eigenvalue weighted by Crippen LogP contribution is -2.08. The molecule has 0 aromatic carbocycles. The van der Waals surface area contributed by atoms with E-state index in [9.17, 15) is 0 Å². The second-order valence-corrected chi connectivity index (χ2v) is 7.91. The fourth-order valence-electron chi connectivity index (χ4n) is 0.329. The molecule has 0 aromatic heterocycles. The van der Waals surface area contributed by atoms with E-state index >= 15 is 0 Å². The molecule has 0 N–H and O–H groups in total. The van der Waals surface area contributed by atoms with Crippen LogP contribution in [0.4, 0.5) is 0 Å². The first-order valence-electron chi connectivity index (χ1n) is 2.74. The Kier molecular flexibility index (Phi) is 6.22. The number of allylic oxidation sites excluding steroid dienone is 2. The third-order valence-corrected chi connectivity index (χ3v) is 5.52. The number of halogens is 4. The van der Waals surface area contributed by atoms with Crippen LogP contribution in [0.5, 0.6) is 0 Å². The normalized spacial score (nSPS) is 13.4. The van der Waals surface area contributed by atoms with E-state index in [0.29, 0.717) is 0 Å². The van der Waals surface area contributed by atoms with Gasteiger partial charge >= 0.3 is 0 Å². The highest BCUT2D eigenvalue weighted by atomic mass is 79.9.